The van der Waals surface area contributed by atoms with Gasteiger partial charge < -0.3 is 15.0 Å². The van der Waals surface area contributed by atoms with Gasteiger partial charge in [-0.25, -0.2) is 9.97 Å². The van der Waals surface area contributed by atoms with Crippen molar-refractivity contribution in [1.29, 1.82) is 0 Å². The van der Waals surface area contributed by atoms with Crippen LogP contribution >= 0.6 is 0 Å². The lowest BCUT2D eigenvalue weighted by Crippen LogP contribution is -2.47. The van der Waals surface area contributed by atoms with Crippen LogP contribution in [-0.4, -0.2) is 49.4 Å². The van der Waals surface area contributed by atoms with Crippen LogP contribution in [0.4, 0.5) is 5.82 Å². The van der Waals surface area contributed by atoms with Crippen LogP contribution in [0.3, 0.4) is 0 Å². The molecule has 1 aliphatic heterocycles. The lowest BCUT2D eigenvalue weighted by molar-refractivity contribution is 0.0418. The molecule has 5 nitrogen and oxygen atoms in total. The first-order valence-electron chi connectivity index (χ1n) is 7.72. The number of nitrogens with one attached hydrogen (secondary N) is 1. The molecule has 1 aromatic heterocycles. The van der Waals surface area contributed by atoms with Gasteiger partial charge in [0.05, 0.1) is 12.7 Å². The molecule has 20 heavy (non-hydrogen) atoms. The average molecular weight is 276 g/mol. The molecule has 110 valence electrons. The van der Waals surface area contributed by atoms with Crippen molar-refractivity contribution < 1.29 is 4.74 Å². The fourth-order valence-corrected chi connectivity index (χ4v) is 3.22. The number of hydrogen-bond donors (Lipinski definition) is 1. The smallest absolute Gasteiger partial charge is 0.135 e. The number of anilines is 1. The SMILES string of the molecule is CNCC1CN(c2ncnc3c2CCCCC3)CCO1. The van der Waals surface area contributed by atoms with Crippen molar-refractivity contribution >= 4 is 5.82 Å². The number of aromatic nitrogens is 2. The highest BCUT2D eigenvalue weighted by Crippen LogP contribution is 2.27. The maximum Gasteiger partial charge on any atom is 0.135 e. The van der Waals surface area contributed by atoms with Crippen LogP contribution in [0.25, 0.3) is 0 Å². The number of hydrogen-bond acceptors (Lipinski definition) is 5. The predicted octanol–water partition coefficient (Wildman–Crippen LogP) is 1.17. The second-order valence-corrected chi connectivity index (χ2v) is 5.68. The van der Waals surface area contributed by atoms with Crippen molar-refractivity contribution in [3.8, 4) is 0 Å². The van der Waals surface area contributed by atoms with E-state index in [1.54, 1.807) is 6.33 Å². The van der Waals surface area contributed by atoms with Crippen LogP contribution in [-0.2, 0) is 17.6 Å². The van der Waals surface area contributed by atoms with Gasteiger partial charge in [-0.3, -0.25) is 0 Å². The first kappa shape index (κ1) is 13.8. The second-order valence-electron chi connectivity index (χ2n) is 5.68. The van der Waals surface area contributed by atoms with Crippen molar-refractivity contribution in [3.63, 3.8) is 0 Å². The third-order valence-corrected chi connectivity index (χ3v) is 4.22. The van der Waals surface area contributed by atoms with E-state index in [1.807, 2.05) is 7.05 Å². The van der Waals surface area contributed by atoms with E-state index in [2.05, 4.69) is 20.2 Å². The van der Waals surface area contributed by atoms with Crippen molar-refractivity contribution in [2.45, 2.75) is 38.2 Å². The Hall–Kier alpha value is -1.20. The highest BCUT2D eigenvalue weighted by molar-refractivity contribution is 5.49. The molecule has 2 aliphatic rings. The van der Waals surface area contributed by atoms with Crippen molar-refractivity contribution in [2.24, 2.45) is 0 Å². The van der Waals surface area contributed by atoms with E-state index in [0.717, 1.165) is 44.9 Å². The summed E-state index contributed by atoms with van der Waals surface area (Å²) < 4.78 is 5.79. The number of morpholine rings is 1. The minimum Gasteiger partial charge on any atom is -0.373 e. The van der Waals surface area contributed by atoms with Gasteiger partial charge in [0.15, 0.2) is 0 Å². The fourth-order valence-electron chi connectivity index (χ4n) is 3.22. The number of rotatable bonds is 3. The van der Waals surface area contributed by atoms with Gasteiger partial charge in [0.1, 0.15) is 12.1 Å². The maximum absolute atomic E-state index is 5.79. The van der Waals surface area contributed by atoms with Gasteiger partial charge in [-0.05, 0) is 32.7 Å². The summed E-state index contributed by atoms with van der Waals surface area (Å²) >= 11 is 0. The van der Waals surface area contributed by atoms with E-state index >= 15 is 0 Å². The summed E-state index contributed by atoms with van der Waals surface area (Å²) in [7, 11) is 1.97. The Morgan fingerprint density at radius 1 is 1.30 bits per heavy atom. The van der Waals surface area contributed by atoms with Gasteiger partial charge in [0.2, 0.25) is 0 Å². The van der Waals surface area contributed by atoms with E-state index in [-0.39, 0.29) is 6.10 Å². The maximum atomic E-state index is 5.79. The van der Waals surface area contributed by atoms with E-state index in [0.29, 0.717) is 0 Å². The molecule has 0 bridgehead atoms. The highest BCUT2D eigenvalue weighted by atomic mass is 16.5. The fraction of sp³-hybridized carbons (Fsp3) is 0.733. The Morgan fingerprint density at radius 2 is 2.20 bits per heavy atom. The number of nitrogens with zero attached hydrogens (tertiary/aromatic N) is 3. The molecule has 1 fully saturated rings. The topological polar surface area (TPSA) is 50.3 Å². The molecule has 0 aromatic carbocycles. The summed E-state index contributed by atoms with van der Waals surface area (Å²) in [5, 5.41) is 3.20. The van der Waals surface area contributed by atoms with Crippen molar-refractivity contribution in [1.82, 2.24) is 15.3 Å². The molecule has 1 aliphatic carbocycles. The van der Waals surface area contributed by atoms with Crippen molar-refractivity contribution in [2.75, 3.05) is 38.2 Å². The zero-order chi connectivity index (χ0) is 13.8. The minimum absolute atomic E-state index is 0.255. The molecule has 0 radical (unpaired) electrons. The molecular weight excluding hydrogens is 252 g/mol. The van der Waals surface area contributed by atoms with E-state index in [4.69, 9.17) is 4.74 Å². The van der Waals surface area contributed by atoms with Gasteiger partial charge >= 0.3 is 0 Å². The molecule has 1 saturated heterocycles. The summed E-state index contributed by atoms with van der Waals surface area (Å²) in [6, 6.07) is 0. The molecule has 3 rings (SSSR count). The first-order valence-corrected chi connectivity index (χ1v) is 7.72. The molecule has 1 N–H and O–H groups in total. The van der Waals surface area contributed by atoms with Crippen LogP contribution in [0.5, 0.6) is 0 Å². The lowest BCUT2D eigenvalue weighted by Gasteiger charge is -2.34. The van der Waals surface area contributed by atoms with Gasteiger partial charge in [0.25, 0.3) is 0 Å². The second kappa shape index (κ2) is 6.50. The normalized spacial score (nSPS) is 23.2. The molecule has 1 aromatic rings. The average Bonchev–Trinajstić information content (AvgIpc) is 2.73. The van der Waals surface area contributed by atoms with Crippen LogP contribution < -0.4 is 10.2 Å². The van der Waals surface area contributed by atoms with Crippen LogP contribution in [0.1, 0.15) is 30.5 Å². The van der Waals surface area contributed by atoms with Gasteiger partial charge in [0, 0.05) is 30.9 Å². The summed E-state index contributed by atoms with van der Waals surface area (Å²) in [5.74, 6) is 1.15. The largest absolute Gasteiger partial charge is 0.373 e. The Bertz CT molecular complexity index is 449. The highest BCUT2D eigenvalue weighted by Gasteiger charge is 2.24. The molecule has 1 atom stereocenters. The van der Waals surface area contributed by atoms with Crippen molar-refractivity contribution in [3.05, 3.63) is 17.6 Å². The lowest BCUT2D eigenvalue weighted by atomic mass is 10.1. The molecule has 5 heteroatoms. The zero-order valence-corrected chi connectivity index (χ0v) is 12.3. The number of fused-ring (bicyclic) bond motifs is 1. The Balaban J connectivity index is 1.82. The number of ether oxygens (including phenoxy) is 1. The number of aryl methyl sites for hydroxylation is 1. The molecule has 2 heterocycles. The molecule has 0 spiro atoms. The third-order valence-electron chi connectivity index (χ3n) is 4.22. The molecule has 1 unspecified atom stereocenters. The Kier molecular flexibility index (Phi) is 4.47. The third kappa shape index (κ3) is 2.94. The molecule has 0 amide bonds. The monoisotopic (exact) mass is 276 g/mol. The van der Waals surface area contributed by atoms with E-state index in [1.165, 1.54) is 30.5 Å². The summed E-state index contributed by atoms with van der Waals surface area (Å²) in [5.41, 5.74) is 2.65. The quantitative estimate of drug-likeness (QED) is 0.840. The van der Waals surface area contributed by atoms with Gasteiger partial charge in [-0.1, -0.05) is 6.42 Å². The van der Waals surface area contributed by atoms with E-state index < -0.39 is 0 Å². The van der Waals surface area contributed by atoms with Crippen LogP contribution in [0.2, 0.25) is 0 Å². The molecular formula is C15H24N4O. The van der Waals surface area contributed by atoms with Gasteiger partial charge in [-0.2, -0.15) is 0 Å². The summed E-state index contributed by atoms with van der Waals surface area (Å²) in [6.45, 7) is 3.53. The predicted molar refractivity (Wildman–Crippen MR) is 79.2 cm³/mol. The Morgan fingerprint density at radius 3 is 3.10 bits per heavy atom. The number of likely N-dealkylation sites (N-methyl/N-ethyl adjacent to an activating group) is 1. The summed E-state index contributed by atoms with van der Waals surface area (Å²) in [4.78, 5) is 11.5. The standard InChI is InChI=1S/C15H24N4O/c1-16-9-12-10-19(7-8-20-12)15-13-5-3-2-4-6-14(13)17-11-18-15/h11-12,16H,2-10H2,1H3. The zero-order valence-electron chi connectivity index (χ0n) is 12.3. The van der Waals surface area contributed by atoms with Gasteiger partial charge in [-0.15, -0.1) is 0 Å². The summed E-state index contributed by atoms with van der Waals surface area (Å²) in [6.07, 6.45) is 8.05. The first-order chi connectivity index (χ1) is 9.88. The molecule has 0 saturated carbocycles. The Labute approximate surface area is 120 Å². The van der Waals surface area contributed by atoms with E-state index in [9.17, 15) is 0 Å². The van der Waals surface area contributed by atoms with Crippen LogP contribution in [0, 0.1) is 0 Å². The minimum atomic E-state index is 0.255. The van der Waals surface area contributed by atoms with Crippen LogP contribution in [0.15, 0.2) is 6.33 Å².